The molecule has 0 aliphatic carbocycles. The Morgan fingerprint density at radius 1 is 1.42 bits per heavy atom. The van der Waals surface area contributed by atoms with E-state index in [4.69, 9.17) is 14.9 Å². The van der Waals surface area contributed by atoms with Gasteiger partial charge in [0.1, 0.15) is 5.00 Å². The Bertz CT molecular complexity index is 796. The second-order valence-corrected chi connectivity index (χ2v) is 6.25. The van der Waals surface area contributed by atoms with Gasteiger partial charge in [-0.1, -0.05) is 0 Å². The summed E-state index contributed by atoms with van der Waals surface area (Å²) < 4.78 is 9.76. The van der Waals surface area contributed by atoms with E-state index in [0.29, 0.717) is 30.1 Å². The summed E-state index contributed by atoms with van der Waals surface area (Å²) in [5, 5.41) is 3.02. The van der Waals surface area contributed by atoms with Gasteiger partial charge in [0.05, 0.1) is 25.5 Å². The minimum Gasteiger partial charge on any atom is -0.459 e. The minimum absolute atomic E-state index is 0.132. The third kappa shape index (κ3) is 2.85. The Balaban J connectivity index is 1.91. The molecule has 0 bridgehead atoms. The van der Waals surface area contributed by atoms with Crippen molar-refractivity contribution in [3.63, 3.8) is 0 Å². The molecule has 0 saturated carbocycles. The average Bonchev–Trinajstić information content (AvgIpc) is 3.20. The van der Waals surface area contributed by atoms with Crippen molar-refractivity contribution in [2.75, 3.05) is 19.0 Å². The summed E-state index contributed by atoms with van der Waals surface area (Å²) in [5.41, 5.74) is 6.54. The highest BCUT2D eigenvalue weighted by Crippen LogP contribution is 2.37. The van der Waals surface area contributed by atoms with Gasteiger partial charge in [0.2, 0.25) is 0 Å². The molecule has 3 rings (SSSR count). The molecule has 0 radical (unpaired) electrons. The largest absolute Gasteiger partial charge is 0.459 e. The topological polar surface area (TPSA) is 115 Å². The van der Waals surface area contributed by atoms with Crippen LogP contribution in [0.1, 0.15) is 31.4 Å². The molecule has 0 atom stereocenters. The van der Waals surface area contributed by atoms with Gasteiger partial charge in [0.25, 0.3) is 11.8 Å². The number of methoxy groups -OCH3 is 1. The number of nitrogens with one attached hydrogen (secondary N) is 1. The van der Waals surface area contributed by atoms with E-state index in [1.165, 1.54) is 35.7 Å². The van der Waals surface area contributed by atoms with Crippen LogP contribution in [0.5, 0.6) is 0 Å². The zero-order chi connectivity index (χ0) is 17.3. The molecule has 126 valence electrons. The molecular weight excluding hydrogens is 334 g/mol. The van der Waals surface area contributed by atoms with Crippen molar-refractivity contribution in [2.45, 2.75) is 13.0 Å². The average molecular weight is 349 g/mol. The second kappa shape index (κ2) is 6.36. The SMILES string of the molecule is COC(=O)N1CCc2c(sc(NC(=O)c3ccco3)c2C(N)=O)C1. The number of hydrogen-bond donors (Lipinski definition) is 2. The zero-order valence-corrected chi connectivity index (χ0v) is 13.6. The minimum atomic E-state index is -0.617. The van der Waals surface area contributed by atoms with Crippen LogP contribution in [0.15, 0.2) is 22.8 Å². The molecule has 3 amide bonds. The van der Waals surface area contributed by atoms with Crippen molar-refractivity contribution in [1.82, 2.24) is 4.90 Å². The molecule has 0 spiro atoms. The number of ether oxygens (including phenoxy) is 1. The lowest BCUT2D eigenvalue weighted by Gasteiger charge is -2.25. The quantitative estimate of drug-likeness (QED) is 0.877. The predicted octanol–water partition coefficient (Wildman–Crippen LogP) is 1.82. The molecule has 1 aliphatic heterocycles. The molecule has 8 nitrogen and oxygen atoms in total. The lowest BCUT2D eigenvalue weighted by Crippen LogP contribution is -2.35. The van der Waals surface area contributed by atoms with Gasteiger partial charge in [-0.15, -0.1) is 11.3 Å². The second-order valence-electron chi connectivity index (χ2n) is 5.15. The number of nitrogens with two attached hydrogens (primary N) is 1. The van der Waals surface area contributed by atoms with Gasteiger partial charge in [-0.05, 0) is 24.1 Å². The van der Waals surface area contributed by atoms with Crippen molar-refractivity contribution >= 4 is 34.2 Å². The van der Waals surface area contributed by atoms with E-state index < -0.39 is 17.9 Å². The van der Waals surface area contributed by atoms with Crippen LogP contribution in [0, 0.1) is 0 Å². The number of rotatable bonds is 3. The van der Waals surface area contributed by atoms with E-state index >= 15 is 0 Å². The third-order valence-electron chi connectivity index (χ3n) is 3.71. The van der Waals surface area contributed by atoms with Crippen molar-refractivity contribution in [3.8, 4) is 0 Å². The summed E-state index contributed by atoms with van der Waals surface area (Å²) in [7, 11) is 1.32. The van der Waals surface area contributed by atoms with Crippen molar-refractivity contribution in [1.29, 1.82) is 0 Å². The van der Waals surface area contributed by atoms with Crippen LogP contribution in [0.2, 0.25) is 0 Å². The van der Waals surface area contributed by atoms with Crippen LogP contribution in [0.3, 0.4) is 0 Å². The Hall–Kier alpha value is -2.81. The number of carbonyl (C=O) groups is 3. The fourth-order valence-corrected chi connectivity index (χ4v) is 3.87. The van der Waals surface area contributed by atoms with Crippen molar-refractivity contribution in [3.05, 3.63) is 40.2 Å². The van der Waals surface area contributed by atoms with E-state index in [-0.39, 0.29) is 5.76 Å². The number of primary amides is 1. The Morgan fingerprint density at radius 3 is 2.83 bits per heavy atom. The fraction of sp³-hybridized carbons (Fsp3) is 0.267. The van der Waals surface area contributed by atoms with E-state index in [0.717, 1.165) is 10.4 Å². The number of hydrogen-bond acceptors (Lipinski definition) is 6. The molecule has 0 saturated heterocycles. The van der Waals surface area contributed by atoms with Crippen LogP contribution >= 0.6 is 11.3 Å². The first-order valence-corrected chi connectivity index (χ1v) is 7.95. The summed E-state index contributed by atoms with van der Waals surface area (Å²) in [4.78, 5) is 38.0. The Kier molecular flexibility index (Phi) is 4.26. The summed E-state index contributed by atoms with van der Waals surface area (Å²) in [6.45, 7) is 0.728. The smallest absolute Gasteiger partial charge is 0.409 e. The molecule has 0 aromatic carbocycles. The van der Waals surface area contributed by atoms with Gasteiger partial charge >= 0.3 is 6.09 Å². The number of fused-ring (bicyclic) bond motifs is 1. The number of carbonyl (C=O) groups excluding carboxylic acids is 3. The molecule has 2 aromatic rings. The summed E-state index contributed by atoms with van der Waals surface area (Å²) in [6, 6.07) is 3.11. The summed E-state index contributed by atoms with van der Waals surface area (Å²) in [5.74, 6) is -0.951. The Morgan fingerprint density at radius 2 is 2.21 bits per heavy atom. The molecule has 9 heteroatoms. The van der Waals surface area contributed by atoms with E-state index in [2.05, 4.69) is 5.32 Å². The number of amides is 3. The standard InChI is InChI=1S/C15H15N3O5S/c1-22-15(21)18-5-4-8-10(7-18)24-14(11(8)12(16)19)17-13(20)9-3-2-6-23-9/h2-3,6H,4-5,7H2,1H3,(H2,16,19)(H,17,20). The maximum absolute atomic E-state index is 12.1. The predicted molar refractivity (Wildman–Crippen MR) is 86.0 cm³/mol. The van der Waals surface area contributed by atoms with E-state index in [9.17, 15) is 14.4 Å². The lowest BCUT2D eigenvalue weighted by atomic mass is 10.0. The molecular formula is C15H15N3O5S. The van der Waals surface area contributed by atoms with Crippen molar-refractivity contribution in [2.24, 2.45) is 5.73 Å². The van der Waals surface area contributed by atoms with Crippen LogP contribution in [0.4, 0.5) is 9.80 Å². The van der Waals surface area contributed by atoms with Gasteiger partial charge in [-0.2, -0.15) is 0 Å². The van der Waals surface area contributed by atoms with E-state index in [1.54, 1.807) is 6.07 Å². The maximum atomic E-state index is 12.1. The van der Waals surface area contributed by atoms with Crippen LogP contribution in [-0.2, 0) is 17.7 Å². The van der Waals surface area contributed by atoms with Gasteiger partial charge in [0.15, 0.2) is 5.76 Å². The number of thiophene rings is 1. The van der Waals surface area contributed by atoms with Crippen LogP contribution in [0.25, 0.3) is 0 Å². The summed E-state index contributed by atoms with van der Waals surface area (Å²) in [6.07, 6.45) is 1.42. The van der Waals surface area contributed by atoms with Gasteiger partial charge in [-0.25, -0.2) is 4.79 Å². The maximum Gasteiger partial charge on any atom is 0.409 e. The highest BCUT2D eigenvalue weighted by Gasteiger charge is 2.30. The zero-order valence-electron chi connectivity index (χ0n) is 12.8. The van der Waals surface area contributed by atoms with Gasteiger partial charge in [0, 0.05) is 11.4 Å². The fourth-order valence-electron chi connectivity index (χ4n) is 2.61. The molecule has 24 heavy (non-hydrogen) atoms. The first-order valence-electron chi connectivity index (χ1n) is 7.13. The van der Waals surface area contributed by atoms with Crippen molar-refractivity contribution < 1.29 is 23.5 Å². The number of anilines is 1. The van der Waals surface area contributed by atoms with Crippen LogP contribution in [-0.4, -0.2) is 36.5 Å². The van der Waals surface area contributed by atoms with Crippen LogP contribution < -0.4 is 11.1 Å². The highest BCUT2D eigenvalue weighted by atomic mass is 32.1. The molecule has 3 heterocycles. The molecule has 0 fully saturated rings. The molecule has 3 N–H and O–H groups in total. The molecule has 1 aliphatic rings. The van der Waals surface area contributed by atoms with Gasteiger partial charge < -0.3 is 25.1 Å². The normalized spacial score (nSPS) is 13.3. The van der Waals surface area contributed by atoms with Gasteiger partial charge in [-0.3, -0.25) is 9.59 Å². The third-order valence-corrected chi connectivity index (χ3v) is 4.84. The first-order chi connectivity index (χ1) is 11.5. The number of nitrogens with zero attached hydrogens (tertiary/aromatic N) is 1. The molecule has 0 unspecified atom stereocenters. The molecule has 2 aromatic heterocycles. The first kappa shape index (κ1) is 16.1. The van der Waals surface area contributed by atoms with E-state index in [1.807, 2.05) is 0 Å². The highest BCUT2D eigenvalue weighted by molar-refractivity contribution is 7.17. The summed E-state index contributed by atoms with van der Waals surface area (Å²) >= 11 is 1.22. The lowest BCUT2D eigenvalue weighted by molar-refractivity contribution is 0.0996. The monoisotopic (exact) mass is 349 g/mol. The number of furan rings is 1. The Labute approximate surface area is 141 Å².